The maximum atomic E-state index is 5.98. The van der Waals surface area contributed by atoms with Crippen molar-refractivity contribution in [3.63, 3.8) is 0 Å². The maximum absolute atomic E-state index is 5.98. The van der Waals surface area contributed by atoms with Crippen molar-refractivity contribution in [1.82, 2.24) is 0 Å². The monoisotopic (exact) mass is 232 g/mol. The van der Waals surface area contributed by atoms with E-state index in [4.69, 9.17) is 5.73 Å². The highest BCUT2D eigenvalue weighted by atomic mass is 14.9. The molecule has 0 aromatic heterocycles. The summed E-state index contributed by atoms with van der Waals surface area (Å²) in [6, 6.07) is 8.60. The molecule has 2 nitrogen and oxygen atoms in total. The number of nitrogen functional groups attached to an aromatic ring is 1. The molecule has 1 aromatic rings. The van der Waals surface area contributed by atoms with Gasteiger partial charge in [-0.05, 0) is 42.7 Å². The van der Waals surface area contributed by atoms with Gasteiger partial charge in [0, 0.05) is 6.04 Å². The van der Waals surface area contributed by atoms with Crippen LogP contribution in [0.5, 0.6) is 0 Å². The summed E-state index contributed by atoms with van der Waals surface area (Å²) in [7, 11) is 0. The molecule has 2 rings (SSSR count). The first-order chi connectivity index (χ1) is 7.96. The summed E-state index contributed by atoms with van der Waals surface area (Å²) in [6.45, 7) is 7.08. The fraction of sp³-hybridized carbons (Fsp3) is 0.600. The van der Waals surface area contributed by atoms with Gasteiger partial charge in [-0.3, -0.25) is 0 Å². The molecule has 1 fully saturated rings. The Hall–Kier alpha value is -1.18. The Morgan fingerprint density at radius 3 is 2.59 bits per heavy atom. The number of nitrogens with two attached hydrogens (primary N) is 1. The van der Waals surface area contributed by atoms with Gasteiger partial charge in [0.25, 0.3) is 0 Å². The second-order valence-electron chi connectivity index (χ2n) is 6.34. The number of anilines is 2. The highest BCUT2D eigenvalue weighted by Crippen LogP contribution is 2.39. The van der Waals surface area contributed by atoms with Crippen LogP contribution in [0.1, 0.15) is 40.0 Å². The lowest BCUT2D eigenvalue weighted by Gasteiger charge is -2.39. The first kappa shape index (κ1) is 12.3. The topological polar surface area (TPSA) is 38.0 Å². The molecule has 2 atom stereocenters. The van der Waals surface area contributed by atoms with Gasteiger partial charge in [0.1, 0.15) is 0 Å². The molecule has 0 amide bonds. The molecule has 1 aliphatic rings. The zero-order valence-corrected chi connectivity index (χ0v) is 11.2. The zero-order valence-electron chi connectivity index (χ0n) is 11.2. The molecule has 1 aliphatic carbocycles. The Labute approximate surface area is 105 Å². The largest absolute Gasteiger partial charge is 0.397 e. The Kier molecular flexibility index (Phi) is 3.32. The molecular weight excluding hydrogens is 208 g/mol. The summed E-state index contributed by atoms with van der Waals surface area (Å²) >= 11 is 0. The molecule has 0 heterocycles. The van der Waals surface area contributed by atoms with E-state index < -0.39 is 0 Å². The van der Waals surface area contributed by atoms with Crippen LogP contribution in [-0.2, 0) is 0 Å². The van der Waals surface area contributed by atoms with Crippen molar-refractivity contribution in [2.24, 2.45) is 11.3 Å². The smallest absolute Gasteiger partial charge is 0.0576 e. The summed E-state index contributed by atoms with van der Waals surface area (Å²) in [4.78, 5) is 0. The van der Waals surface area contributed by atoms with E-state index in [0.717, 1.165) is 17.3 Å². The normalized spacial score (nSPS) is 27.7. The Morgan fingerprint density at radius 1 is 1.24 bits per heavy atom. The highest BCUT2D eigenvalue weighted by molar-refractivity contribution is 5.66. The van der Waals surface area contributed by atoms with E-state index in [1.165, 1.54) is 19.3 Å². The number of rotatable bonds is 2. The molecule has 1 unspecified atom stereocenters. The van der Waals surface area contributed by atoms with Crippen molar-refractivity contribution in [3.8, 4) is 0 Å². The second kappa shape index (κ2) is 4.59. The summed E-state index contributed by atoms with van der Waals surface area (Å²) < 4.78 is 0. The van der Waals surface area contributed by atoms with Gasteiger partial charge >= 0.3 is 0 Å². The molecule has 94 valence electrons. The van der Waals surface area contributed by atoms with Crippen LogP contribution in [-0.4, -0.2) is 6.04 Å². The average molecular weight is 232 g/mol. The van der Waals surface area contributed by atoms with Gasteiger partial charge in [0.2, 0.25) is 0 Å². The zero-order chi connectivity index (χ0) is 12.5. The van der Waals surface area contributed by atoms with Crippen LogP contribution < -0.4 is 11.1 Å². The van der Waals surface area contributed by atoms with Gasteiger partial charge in [-0.15, -0.1) is 0 Å². The summed E-state index contributed by atoms with van der Waals surface area (Å²) in [5.74, 6) is 0.793. The van der Waals surface area contributed by atoms with Crippen molar-refractivity contribution in [1.29, 1.82) is 0 Å². The van der Waals surface area contributed by atoms with Crippen molar-refractivity contribution in [2.75, 3.05) is 11.1 Å². The van der Waals surface area contributed by atoms with Crippen LogP contribution >= 0.6 is 0 Å². The van der Waals surface area contributed by atoms with E-state index >= 15 is 0 Å². The summed E-state index contributed by atoms with van der Waals surface area (Å²) in [5.41, 5.74) is 8.36. The molecule has 0 aliphatic heterocycles. The molecule has 3 N–H and O–H groups in total. The fourth-order valence-electron chi connectivity index (χ4n) is 3.30. The molecule has 1 saturated carbocycles. The predicted octanol–water partition coefficient (Wildman–Crippen LogP) is 3.90. The van der Waals surface area contributed by atoms with Crippen LogP contribution in [0.3, 0.4) is 0 Å². The van der Waals surface area contributed by atoms with Crippen LogP contribution in [0, 0.1) is 11.3 Å². The SMILES string of the molecule is CC1C[C@@H](Nc2ccccc2N)CC(C)(C)C1. The third-order valence-corrected chi connectivity index (χ3v) is 3.71. The lowest BCUT2D eigenvalue weighted by Crippen LogP contribution is -2.35. The van der Waals surface area contributed by atoms with Crippen LogP contribution in [0.4, 0.5) is 11.4 Å². The Balaban J connectivity index is 2.06. The lowest BCUT2D eigenvalue weighted by molar-refractivity contribution is 0.178. The first-order valence-electron chi connectivity index (χ1n) is 6.57. The minimum atomic E-state index is 0.443. The minimum Gasteiger partial charge on any atom is -0.397 e. The van der Waals surface area contributed by atoms with Gasteiger partial charge in [-0.25, -0.2) is 0 Å². The van der Waals surface area contributed by atoms with E-state index in [2.05, 4.69) is 32.2 Å². The number of benzene rings is 1. The maximum Gasteiger partial charge on any atom is 0.0576 e. The van der Waals surface area contributed by atoms with Crippen molar-refractivity contribution in [2.45, 2.75) is 46.1 Å². The van der Waals surface area contributed by atoms with Gasteiger partial charge in [0.15, 0.2) is 0 Å². The summed E-state index contributed by atoms with van der Waals surface area (Å²) in [6.07, 6.45) is 3.80. The molecule has 17 heavy (non-hydrogen) atoms. The molecule has 0 saturated heterocycles. The van der Waals surface area contributed by atoms with Crippen molar-refractivity contribution in [3.05, 3.63) is 24.3 Å². The first-order valence-corrected chi connectivity index (χ1v) is 6.57. The van der Waals surface area contributed by atoms with E-state index in [-0.39, 0.29) is 0 Å². The molecule has 0 radical (unpaired) electrons. The van der Waals surface area contributed by atoms with Crippen molar-refractivity contribution >= 4 is 11.4 Å². The van der Waals surface area contributed by atoms with Gasteiger partial charge in [0.05, 0.1) is 11.4 Å². The standard InChI is InChI=1S/C15H24N2/c1-11-8-12(10-15(2,3)9-11)17-14-7-5-4-6-13(14)16/h4-7,11-12,17H,8-10,16H2,1-3H3/t11?,12-/m1/s1. The van der Waals surface area contributed by atoms with Gasteiger partial charge in [-0.2, -0.15) is 0 Å². The van der Waals surface area contributed by atoms with Gasteiger partial charge < -0.3 is 11.1 Å². The van der Waals surface area contributed by atoms with Crippen LogP contribution in [0.25, 0.3) is 0 Å². The molecule has 1 aromatic carbocycles. The number of para-hydroxylation sites is 2. The Bertz CT molecular complexity index is 384. The second-order valence-corrected chi connectivity index (χ2v) is 6.34. The van der Waals surface area contributed by atoms with Crippen molar-refractivity contribution < 1.29 is 0 Å². The minimum absolute atomic E-state index is 0.443. The third-order valence-electron chi connectivity index (χ3n) is 3.71. The summed E-state index contributed by atoms with van der Waals surface area (Å²) in [5, 5.41) is 3.61. The Morgan fingerprint density at radius 2 is 1.94 bits per heavy atom. The number of hydrogen-bond donors (Lipinski definition) is 2. The highest BCUT2D eigenvalue weighted by Gasteiger charge is 2.31. The van der Waals surface area contributed by atoms with E-state index in [1.54, 1.807) is 0 Å². The van der Waals surface area contributed by atoms with E-state index in [9.17, 15) is 0 Å². The van der Waals surface area contributed by atoms with Crippen LogP contribution in [0.15, 0.2) is 24.3 Å². The van der Waals surface area contributed by atoms with Crippen LogP contribution in [0.2, 0.25) is 0 Å². The molecule has 2 heteroatoms. The fourth-order valence-corrected chi connectivity index (χ4v) is 3.30. The van der Waals surface area contributed by atoms with Gasteiger partial charge in [-0.1, -0.05) is 32.9 Å². The predicted molar refractivity (Wildman–Crippen MR) is 75.1 cm³/mol. The number of nitrogens with one attached hydrogen (secondary N) is 1. The average Bonchev–Trinajstić information content (AvgIpc) is 2.18. The third kappa shape index (κ3) is 3.15. The quantitative estimate of drug-likeness (QED) is 0.759. The van der Waals surface area contributed by atoms with E-state index in [0.29, 0.717) is 11.5 Å². The van der Waals surface area contributed by atoms with E-state index in [1.807, 2.05) is 18.2 Å². The molecule has 0 spiro atoms. The molecule has 0 bridgehead atoms. The lowest BCUT2D eigenvalue weighted by atomic mass is 9.70. The molecular formula is C15H24N2. The number of hydrogen-bond acceptors (Lipinski definition) is 2.